The third-order valence-electron chi connectivity index (χ3n) is 3.27. The standard InChI is InChI=1S/C14H7ClN4O3/c15-7-2-1-6(5-16)9(3-7)19-10(20)4-8-11(12(19)17)14(22)18-13(8)21/h1-4H,17H2,(H,18,21,22). The Bertz CT molecular complexity index is 956. The molecule has 8 heteroatoms. The molecular weight excluding hydrogens is 308 g/mol. The van der Waals surface area contributed by atoms with Gasteiger partial charge in [-0.25, -0.2) is 0 Å². The number of pyridine rings is 1. The summed E-state index contributed by atoms with van der Waals surface area (Å²) in [5.41, 5.74) is 5.38. The number of rotatable bonds is 1. The van der Waals surface area contributed by atoms with Crippen LogP contribution in [0.3, 0.4) is 0 Å². The van der Waals surface area contributed by atoms with Crippen molar-refractivity contribution >= 4 is 29.2 Å². The Balaban J connectivity index is 2.41. The van der Waals surface area contributed by atoms with Crippen LogP contribution in [0.2, 0.25) is 5.02 Å². The lowest BCUT2D eigenvalue weighted by Crippen LogP contribution is -2.24. The predicted molar refractivity (Wildman–Crippen MR) is 78.0 cm³/mol. The van der Waals surface area contributed by atoms with Crippen molar-refractivity contribution in [2.45, 2.75) is 0 Å². The monoisotopic (exact) mass is 314 g/mol. The van der Waals surface area contributed by atoms with Gasteiger partial charge in [0.15, 0.2) is 0 Å². The highest BCUT2D eigenvalue weighted by atomic mass is 35.5. The lowest BCUT2D eigenvalue weighted by molar-refractivity contribution is 0.0880. The van der Waals surface area contributed by atoms with Gasteiger partial charge < -0.3 is 5.73 Å². The molecule has 0 atom stereocenters. The highest BCUT2D eigenvalue weighted by Gasteiger charge is 2.32. The number of fused-ring (bicyclic) bond motifs is 1. The Morgan fingerprint density at radius 2 is 1.91 bits per heavy atom. The molecule has 1 aliphatic rings. The van der Waals surface area contributed by atoms with Crippen LogP contribution >= 0.6 is 11.6 Å². The van der Waals surface area contributed by atoms with Gasteiger partial charge in [-0.3, -0.25) is 24.3 Å². The van der Waals surface area contributed by atoms with Gasteiger partial charge in [-0.1, -0.05) is 11.6 Å². The van der Waals surface area contributed by atoms with Gasteiger partial charge in [-0.05, 0) is 18.2 Å². The number of hydrogen-bond donors (Lipinski definition) is 2. The molecular formula is C14H7ClN4O3. The van der Waals surface area contributed by atoms with Gasteiger partial charge in [-0.15, -0.1) is 0 Å². The summed E-state index contributed by atoms with van der Waals surface area (Å²) in [6.07, 6.45) is 0. The van der Waals surface area contributed by atoms with Gasteiger partial charge in [-0.2, -0.15) is 5.26 Å². The lowest BCUT2D eigenvalue weighted by atomic mass is 10.1. The summed E-state index contributed by atoms with van der Waals surface area (Å²) in [5, 5.41) is 11.5. The molecule has 2 heterocycles. The Labute approximate surface area is 128 Å². The molecule has 22 heavy (non-hydrogen) atoms. The molecule has 0 aliphatic carbocycles. The van der Waals surface area contributed by atoms with E-state index in [1.807, 2.05) is 6.07 Å². The fourth-order valence-corrected chi connectivity index (χ4v) is 2.48. The second-order valence-electron chi connectivity index (χ2n) is 4.55. The van der Waals surface area contributed by atoms with E-state index in [1.165, 1.54) is 18.2 Å². The van der Waals surface area contributed by atoms with E-state index < -0.39 is 17.4 Å². The number of aromatic nitrogens is 1. The third kappa shape index (κ3) is 1.86. The van der Waals surface area contributed by atoms with E-state index in [9.17, 15) is 14.4 Å². The number of anilines is 1. The van der Waals surface area contributed by atoms with Crippen LogP contribution in [0.25, 0.3) is 5.69 Å². The van der Waals surface area contributed by atoms with E-state index in [0.717, 1.165) is 10.6 Å². The van der Waals surface area contributed by atoms with Crippen molar-refractivity contribution < 1.29 is 9.59 Å². The van der Waals surface area contributed by atoms with Crippen LogP contribution in [0.15, 0.2) is 29.1 Å². The predicted octanol–water partition coefficient (Wildman–Crippen LogP) is 0.828. The highest BCUT2D eigenvalue weighted by molar-refractivity contribution is 6.30. The minimum atomic E-state index is -0.688. The smallest absolute Gasteiger partial charge is 0.262 e. The second kappa shape index (κ2) is 4.72. The first-order chi connectivity index (χ1) is 10.4. The number of carbonyl (C=O) groups is 2. The molecule has 2 aromatic rings. The van der Waals surface area contributed by atoms with Gasteiger partial charge in [0.2, 0.25) is 0 Å². The average Bonchev–Trinajstić information content (AvgIpc) is 2.74. The molecule has 1 aliphatic heterocycles. The molecule has 0 spiro atoms. The minimum absolute atomic E-state index is 0.0794. The molecule has 1 aromatic heterocycles. The van der Waals surface area contributed by atoms with Crippen LogP contribution in [0, 0.1) is 11.3 Å². The number of nitrogens with one attached hydrogen (secondary N) is 1. The summed E-state index contributed by atoms with van der Waals surface area (Å²) >= 11 is 5.90. The van der Waals surface area contributed by atoms with Crippen LogP contribution < -0.4 is 16.6 Å². The van der Waals surface area contributed by atoms with Crippen LogP contribution in [-0.4, -0.2) is 16.4 Å². The van der Waals surface area contributed by atoms with Gasteiger partial charge in [0.1, 0.15) is 11.9 Å². The largest absolute Gasteiger partial charge is 0.384 e. The molecule has 1 aromatic carbocycles. The zero-order valence-electron chi connectivity index (χ0n) is 10.9. The number of nitrogens with zero attached hydrogens (tertiary/aromatic N) is 2. The second-order valence-corrected chi connectivity index (χ2v) is 4.98. The summed E-state index contributed by atoms with van der Waals surface area (Å²) in [6.45, 7) is 0. The first-order valence-corrected chi connectivity index (χ1v) is 6.43. The topological polar surface area (TPSA) is 118 Å². The number of hydrogen-bond acceptors (Lipinski definition) is 5. The average molecular weight is 315 g/mol. The summed E-state index contributed by atoms with van der Waals surface area (Å²) in [7, 11) is 0. The Morgan fingerprint density at radius 1 is 1.18 bits per heavy atom. The normalized spacial score (nSPS) is 12.7. The van der Waals surface area contributed by atoms with Crippen molar-refractivity contribution in [1.82, 2.24) is 9.88 Å². The fourth-order valence-electron chi connectivity index (χ4n) is 2.31. The van der Waals surface area contributed by atoms with Crippen LogP contribution in [-0.2, 0) is 0 Å². The van der Waals surface area contributed by atoms with Gasteiger partial charge in [0.05, 0.1) is 22.4 Å². The maximum Gasteiger partial charge on any atom is 0.262 e. The number of imide groups is 1. The Kier molecular flexibility index (Phi) is 2.97. The van der Waals surface area contributed by atoms with Crippen molar-refractivity contribution in [3.63, 3.8) is 0 Å². The van der Waals surface area contributed by atoms with E-state index in [4.69, 9.17) is 22.6 Å². The minimum Gasteiger partial charge on any atom is -0.384 e. The van der Waals surface area contributed by atoms with Crippen molar-refractivity contribution in [3.05, 3.63) is 56.3 Å². The number of nitrogen functional groups attached to an aromatic ring is 1. The van der Waals surface area contributed by atoms with Crippen molar-refractivity contribution in [1.29, 1.82) is 5.26 Å². The molecule has 3 rings (SSSR count). The molecule has 7 nitrogen and oxygen atoms in total. The Morgan fingerprint density at radius 3 is 2.59 bits per heavy atom. The van der Waals surface area contributed by atoms with E-state index in [1.54, 1.807) is 0 Å². The fraction of sp³-hybridized carbons (Fsp3) is 0. The zero-order chi connectivity index (χ0) is 16.0. The summed E-state index contributed by atoms with van der Waals surface area (Å²) in [4.78, 5) is 35.7. The SMILES string of the molecule is N#Cc1ccc(Cl)cc1-n1c(N)c2c(cc1=O)C(=O)NC2=O. The summed E-state index contributed by atoms with van der Waals surface area (Å²) in [6, 6.07) is 7.24. The molecule has 0 radical (unpaired) electrons. The van der Waals surface area contributed by atoms with E-state index in [-0.39, 0.29) is 28.2 Å². The highest BCUT2D eigenvalue weighted by Crippen LogP contribution is 2.25. The first-order valence-electron chi connectivity index (χ1n) is 6.05. The molecule has 0 unspecified atom stereocenters. The van der Waals surface area contributed by atoms with Gasteiger partial charge >= 0.3 is 0 Å². The molecule has 0 saturated heterocycles. The van der Waals surface area contributed by atoms with Crippen molar-refractivity contribution in [3.8, 4) is 11.8 Å². The first kappa shape index (κ1) is 13.9. The maximum atomic E-state index is 12.3. The number of nitriles is 1. The van der Waals surface area contributed by atoms with E-state index >= 15 is 0 Å². The molecule has 0 fully saturated rings. The molecule has 3 N–H and O–H groups in total. The van der Waals surface area contributed by atoms with E-state index in [0.29, 0.717) is 5.02 Å². The number of benzene rings is 1. The van der Waals surface area contributed by atoms with Gasteiger partial charge in [0.25, 0.3) is 17.4 Å². The lowest BCUT2D eigenvalue weighted by Gasteiger charge is -2.13. The van der Waals surface area contributed by atoms with Crippen LogP contribution in [0.5, 0.6) is 0 Å². The number of halogens is 1. The molecule has 0 bridgehead atoms. The number of carbonyl (C=O) groups excluding carboxylic acids is 2. The van der Waals surface area contributed by atoms with Crippen LogP contribution in [0.4, 0.5) is 5.82 Å². The van der Waals surface area contributed by atoms with Crippen LogP contribution in [0.1, 0.15) is 26.3 Å². The quantitative estimate of drug-likeness (QED) is 0.756. The molecule has 108 valence electrons. The van der Waals surface area contributed by atoms with Gasteiger partial charge in [0, 0.05) is 11.1 Å². The molecule has 2 amide bonds. The van der Waals surface area contributed by atoms with Crippen molar-refractivity contribution in [2.75, 3.05) is 5.73 Å². The zero-order valence-corrected chi connectivity index (χ0v) is 11.6. The number of nitrogens with two attached hydrogens (primary N) is 1. The van der Waals surface area contributed by atoms with Crippen molar-refractivity contribution in [2.24, 2.45) is 0 Å². The number of amides is 2. The third-order valence-corrected chi connectivity index (χ3v) is 3.51. The summed E-state index contributed by atoms with van der Waals surface area (Å²) in [5.74, 6) is -1.58. The Hall–Kier alpha value is -3.11. The van der Waals surface area contributed by atoms with E-state index in [2.05, 4.69) is 5.32 Å². The molecule has 0 saturated carbocycles. The maximum absolute atomic E-state index is 12.3. The summed E-state index contributed by atoms with van der Waals surface area (Å²) < 4.78 is 0.988.